The van der Waals surface area contributed by atoms with Gasteiger partial charge in [0.05, 0.1) is 0 Å². The molecule has 3 nitrogen and oxygen atoms in total. The minimum atomic E-state index is -3.79. The first-order valence-electron chi connectivity index (χ1n) is 5.08. The van der Waals surface area contributed by atoms with Gasteiger partial charge in [0.15, 0.2) is 0 Å². The Bertz CT molecular complexity index is 672. The van der Waals surface area contributed by atoms with Gasteiger partial charge in [0.1, 0.15) is 10.7 Å². The highest BCUT2D eigenvalue weighted by atomic mass is 32.2. The topological polar surface area (TPSA) is 43.4 Å². The molecule has 0 saturated heterocycles. The Hall–Kier alpha value is -1.04. The van der Waals surface area contributed by atoms with Crippen LogP contribution in [0.4, 0.5) is 0 Å². The molecular formula is C13H12MgO3S. The molecule has 0 bridgehead atoms. The van der Waals surface area contributed by atoms with E-state index in [2.05, 4.69) is 6.58 Å². The van der Waals surface area contributed by atoms with Crippen molar-refractivity contribution in [1.82, 2.24) is 0 Å². The first-order chi connectivity index (χ1) is 8.00. The predicted octanol–water partition coefficient (Wildman–Crippen LogP) is 2.70. The lowest BCUT2D eigenvalue weighted by Gasteiger charge is -2.08. The summed E-state index contributed by atoms with van der Waals surface area (Å²) in [6, 6.07) is 12.3. The van der Waals surface area contributed by atoms with Crippen LogP contribution in [0.25, 0.3) is 10.8 Å². The highest BCUT2D eigenvalue weighted by molar-refractivity contribution is 7.87. The Labute approximate surface area is 123 Å². The van der Waals surface area contributed by atoms with Crippen LogP contribution in [0.15, 0.2) is 59.7 Å². The van der Waals surface area contributed by atoms with Crippen molar-refractivity contribution >= 4 is 43.9 Å². The monoisotopic (exact) mass is 272 g/mol. The second-order valence-electron chi connectivity index (χ2n) is 3.72. The summed E-state index contributed by atoms with van der Waals surface area (Å²) in [6.07, 6.45) is 0. The van der Waals surface area contributed by atoms with E-state index in [1.807, 2.05) is 18.2 Å². The molecule has 0 N–H and O–H groups in total. The van der Waals surface area contributed by atoms with Crippen LogP contribution in [0.3, 0.4) is 0 Å². The molecule has 0 aliphatic carbocycles. The van der Waals surface area contributed by atoms with Crippen LogP contribution in [0.5, 0.6) is 0 Å². The maximum atomic E-state index is 12.0. The molecule has 0 saturated carbocycles. The third kappa shape index (κ3) is 3.04. The maximum Gasteiger partial charge on any atom is 0.339 e. The van der Waals surface area contributed by atoms with Gasteiger partial charge in [-0.05, 0) is 18.4 Å². The van der Waals surface area contributed by atoms with Gasteiger partial charge in [-0.3, -0.25) is 0 Å². The van der Waals surface area contributed by atoms with Crippen molar-refractivity contribution in [3.05, 3.63) is 54.8 Å². The van der Waals surface area contributed by atoms with Crippen LogP contribution in [-0.2, 0) is 14.3 Å². The van der Waals surface area contributed by atoms with E-state index in [4.69, 9.17) is 4.18 Å². The quantitative estimate of drug-likeness (QED) is 0.490. The minimum Gasteiger partial charge on any atom is -0.384 e. The molecule has 2 aromatic rings. The van der Waals surface area contributed by atoms with Gasteiger partial charge in [-0.2, -0.15) is 8.42 Å². The summed E-state index contributed by atoms with van der Waals surface area (Å²) in [7, 11) is -3.79. The van der Waals surface area contributed by atoms with Gasteiger partial charge in [-0.15, -0.1) is 0 Å². The number of benzene rings is 2. The van der Waals surface area contributed by atoms with Crippen LogP contribution >= 0.6 is 0 Å². The first kappa shape index (κ1) is 15.0. The van der Waals surface area contributed by atoms with Gasteiger partial charge in [0, 0.05) is 28.4 Å². The van der Waals surface area contributed by atoms with Gasteiger partial charge >= 0.3 is 10.1 Å². The summed E-state index contributed by atoms with van der Waals surface area (Å²) < 4.78 is 28.8. The van der Waals surface area contributed by atoms with Crippen molar-refractivity contribution in [2.75, 3.05) is 0 Å². The van der Waals surface area contributed by atoms with Crippen LogP contribution in [0, 0.1) is 0 Å². The van der Waals surface area contributed by atoms with E-state index >= 15 is 0 Å². The maximum absolute atomic E-state index is 12.0. The number of allylic oxidation sites excluding steroid dienone is 1. The smallest absolute Gasteiger partial charge is 0.339 e. The number of hydrogen-bond acceptors (Lipinski definition) is 3. The molecule has 0 amide bonds. The SMILES string of the molecule is C=C(C)OS(=O)(=O)c1cccc2ccccc12.[Mg]. The molecule has 0 atom stereocenters. The Balaban J connectivity index is 0.00000162. The summed E-state index contributed by atoms with van der Waals surface area (Å²) in [5.41, 5.74) is 0. The average molecular weight is 273 g/mol. The predicted molar refractivity (Wildman–Crippen MR) is 72.8 cm³/mol. The van der Waals surface area contributed by atoms with Gasteiger partial charge in [-0.1, -0.05) is 43.0 Å². The number of rotatable bonds is 3. The highest BCUT2D eigenvalue weighted by Crippen LogP contribution is 2.25. The highest BCUT2D eigenvalue weighted by Gasteiger charge is 2.18. The Morgan fingerprint density at radius 3 is 2.39 bits per heavy atom. The van der Waals surface area contributed by atoms with Crippen molar-refractivity contribution in [3.8, 4) is 0 Å². The zero-order valence-corrected chi connectivity index (χ0v) is 12.3. The van der Waals surface area contributed by atoms with Crippen molar-refractivity contribution in [1.29, 1.82) is 0 Å². The number of hydrogen-bond donors (Lipinski definition) is 0. The van der Waals surface area contributed by atoms with Gasteiger partial charge in [-0.25, -0.2) is 0 Å². The lowest BCUT2D eigenvalue weighted by atomic mass is 10.1. The summed E-state index contributed by atoms with van der Waals surface area (Å²) in [5.74, 6) is 0.151. The fraction of sp³-hybridized carbons (Fsp3) is 0.0769. The molecule has 0 fully saturated rings. The lowest BCUT2D eigenvalue weighted by Crippen LogP contribution is -2.05. The van der Waals surface area contributed by atoms with E-state index in [-0.39, 0.29) is 33.7 Å². The molecule has 5 heteroatoms. The summed E-state index contributed by atoms with van der Waals surface area (Å²) in [4.78, 5) is 0.165. The van der Waals surface area contributed by atoms with Crippen molar-refractivity contribution in [2.24, 2.45) is 0 Å². The van der Waals surface area contributed by atoms with E-state index in [9.17, 15) is 8.42 Å². The molecule has 0 unspecified atom stereocenters. The van der Waals surface area contributed by atoms with Crippen molar-refractivity contribution < 1.29 is 12.6 Å². The average Bonchev–Trinajstić information content (AvgIpc) is 2.26. The number of fused-ring (bicyclic) bond motifs is 1. The molecule has 90 valence electrons. The van der Waals surface area contributed by atoms with Crippen LogP contribution < -0.4 is 0 Å². The molecule has 0 heterocycles. The molecule has 0 spiro atoms. The van der Waals surface area contributed by atoms with Crippen LogP contribution in [0.1, 0.15) is 6.92 Å². The zero-order valence-electron chi connectivity index (χ0n) is 10.1. The van der Waals surface area contributed by atoms with E-state index in [1.165, 1.54) is 13.0 Å². The van der Waals surface area contributed by atoms with E-state index < -0.39 is 10.1 Å². The van der Waals surface area contributed by atoms with Crippen LogP contribution in [0.2, 0.25) is 0 Å². The third-order valence-electron chi connectivity index (χ3n) is 2.27. The molecule has 0 aliphatic heterocycles. The summed E-state index contributed by atoms with van der Waals surface area (Å²) >= 11 is 0. The van der Waals surface area contributed by atoms with E-state index in [1.54, 1.807) is 18.2 Å². The Morgan fingerprint density at radius 1 is 1.11 bits per heavy atom. The fourth-order valence-electron chi connectivity index (χ4n) is 1.65. The Kier molecular flexibility index (Phi) is 4.78. The molecule has 2 rings (SSSR count). The molecule has 0 aliphatic rings. The standard InChI is InChI=1S/C13H12O3S.Mg/c1-10(2)16-17(14,15)13-9-5-7-11-6-3-4-8-12(11)13;/h3-9H,1H2,2H3;. The van der Waals surface area contributed by atoms with E-state index in [0.29, 0.717) is 5.39 Å². The summed E-state index contributed by atoms with van der Waals surface area (Å²) in [5, 5.41) is 1.51. The van der Waals surface area contributed by atoms with Crippen molar-refractivity contribution in [2.45, 2.75) is 11.8 Å². The minimum absolute atomic E-state index is 0. The molecule has 0 aromatic heterocycles. The van der Waals surface area contributed by atoms with Gasteiger partial charge < -0.3 is 4.18 Å². The third-order valence-corrected chi connectivity index (χ3v) is 3.67. The van der Waals surface area contributed by atoms with Crippen LogP contribution in [-0.4, -0.2) is 31.5 Å². The largest absolute Gasteiger partial charge is 0.384 e. The molecule has 2 radical (unpaired) electrons. The van der Waals surface area contributed by atoms with Gasteiger partial charge in [0.25, 0.3) is 0 Å². The summed E-state index contributed by atoms with van der Waals surface area (Å²) in [6.45, 7) is 4.95. The lowest BCUT2D eigenvalue weighted by molar-refractivity contribution is 0.411. The molecular weight excluding hydrogens is 261 g/mol. The molecule has 18 heavy (non-hydrogen) atoms. The normalized spacial score (nSPS) is 10.7. The Morgan fingerprint density at radius 2 is 1.72 bits per heavy atom. The zero-order chi connectivity index (χ0) is 12.5. The fourth-order valence-corrected chi connectivity index (χ4v) is 2.81. The van der Waals surface area contributed by atoms with Gasteiger partial charge in [0.2, 0.25) is 0 Å². The molecule has 2 aromatic carbocycles. The van der Waals surface area contributed by atoms with E-state index in [0.717, 1.165) is 5.39 Å². The second kappa shape index (κ2) is 5.73. The first-order valence-corrected chi connectivity index (χ1v) is 6.49. The second-order valence-corrected chi connectivity index (χ2v) is 5.23. The van der Waals surface area contributed by atoms with Crippen molar-refractivity contribution in [3.63, 3.8) is 0 Å².